The molecule has 0 aliphatic heterocycles. The molecule has 1 saturated carbocycles. The number of nitrogens with one attached hydrogen (secondary N) is 1. The van der Waals surface area contributed by atoms with Crippen LogP contribution >= 0.6 is 11.6 Å². The summed E-state index contributed by atoms with van der Waals surface area (Å²) in [7, 11) is 1.57. The molecule has 1 fully saturated rings. The van der Waals surface area contributed by atoms with E-state index in [1.165, 1.54) is 0 Å². The molecule has 0 aromatic heterocycles. The summed E-state index contributed by atoms with van der Waals surface area (Å²) in [4.78, 5) is 12.4. The SMILES string of the molecule is COc1ccc(Cl)cc1NC(=O)C1CCCCCC1N. The van der Waals surface area contributed by atoms with E-state index in [4.69, 9.17) is 22.1 Å². The molecular formula is C15H21ClN2O2. The molecule has 1 aromatic carbocycles. The van der Waals surface area contributed by atoms with Gasteiger partial charge < -0.3 is 15.8 Å². The average molecular weight is 297 g/mol. The summed E-state index contributed by atoms with van der Waals surface area (Å²) < 4.78 is 5.24. The van der Waals surface area contributed by atoms with Gasteiger partial charge in [0.1, 0.15) is 5.75 Å². The molecule has 20 heavy (non-hydrogen) atoms. The van der Waals surface area contributed by atoms with Crippen molar-refractivity contribution < 1.29 is 9.53 Å². The molecule has 2 unspecified atom stereocenters. The van der Waals surface area contributed by atoms with Crippen LogP contribution in [0.15, 0.2) is 18.2 Å². The molecule has 5 heteroatoms. The van der Waals surface area contributed by atoms with Crippen molar-refractivity contribution in [1.82, 2.24) is 0 Å². The number of halogens is 1. The minimum Gasteiger partial charge on any atom is -0.495 e. The van der Waals surface area contributed by atoms with Crippen molar-refractivity contribution >= 4 is 23.2 Å². The number of methoxy groups -OCH3 is 1. The zero-order valence-corrected chi connectivity index (χ0v) is 12.5. The van der Waals surface area contributed by atoms with Crippen LogP contribution in [0.1, 0.15) is 32.1 Å². The summed E-state index contributed by atoms with van der Waals surface area (Å²) in [6.45, 7) is 0. The minimum absolute atomic E-state index is 0.0417. The minimum atomic E-state index is -0.138. The second kappa shape index (κ2) is 6.95. The first-order chi connectivity index (χ1) is 9.61. The Labute approximate surface area is 124 Å². The second-order valence-corrected chi connectivity index (χ2v) is 5.68. The van der Waals surface area contributed by atoms with Crippen LogP contribution in [0.3, 0.4) is 0 Å². The van der Waals surface area contributed by atoms with Crippen LogP contribution in [0.4, 0.5) is 5.69 Å². The lowest BCUT2D eigenvalue weighted by atomic mass is 9.94. The first kappa shape index (κ1) is 15.1. The molecule has 0 spiro atoms. The predicted octanol–water partition coefficient (Wildman–Crippen LogP) is 3.19. The Bertz CT molecular complexity index is 479. The van der Waals surface area contributed by atoms with Gasteiger partial charge in [0.05, 0.1) is 18.7 Å². The Hall–Kier alpha value is -1.26. The summed E-state index contributed by atoms with van der Waals surface area (Å²) >= 11 is 5.97. The highest BCUT2D eigenvalue weighted by molar-refractivity contribution is 6.31. The molecule has 3 N–H and O–H groups in total. The van der Waals surface area contributed by atoms with Crippen LogP contribution in [0, 0.1) is 5.92 Å². The number of carbonyl (C=O) groups excluding carboxylic acids is 1. The zero-order chi connectivity index (χ0) is 14.5. The van der Waals surface area contributed by atoms with Gasteiger partial charge in [-0.15, -0.1) is 0 Å². The molecule has 1 aromatic rings. The first-order valence-electron chi connectivity index (χ1n) is 7.02. The highest BCUT2D eigenvalue weighted by Gasteiger charge is 2.27. The Morgan fingerprint density at radius 1 is 1.35 bits per heavy atom. The maximum atomic E-state index is 12.4. The number of hydrogen-bond donors (Lipinski definition) is 2. The summed E-state index contributed by atoms with van der Waals surface area (Å²) in [5, 5.41) is 3.46. The third-order valence-electron chi connectivity index (χ3n) is 3.83. The molecular weight excluding hydrogens is 276 g/mol. The molecule has 1 aliphatic rings. The van der Waals surface area contributed by atoms with Crippen molar-refractivity contribution in [2.75, 3.05) is 12.4 Å². The van der Waals surface area contributed by atoms with E-state index in [0.29, 0.717) is 16.5 Å². The molecule has 0 bridgehead atoms. The summed E-state index contributed by atoms with van der Waals surface area (Å²) in [5.74, 6) is 0.422. The number of hydrogen-bond acceptors (Lipinski definition) is 3. The molecule has 0 radical (unpaired) electrons. The van der Waals surface area contributed by atoms with Crippen molar-refractivity contribution in [3.05, 3.63) is 23.2 Å². The highest BCUT2D eigenvalue weighted by Crippen LogP contribution is 2.29. The molecule has 110 valence electrons. The smallest absolute Gasteiger partial charge is 0.229 e. The Kier molecular flexibility index (Phi) is 5.26. The Morgan fingerprint density at radius 2 is 2.10 bits per heavy atom. The summed E-state index contributed by atoms with van der Waals surface area (Å²) in [6.07, 6.45) is 5.06. The van der Waals surface area contributed by atoms with Crippen molar-refractivity contribution in [2.24, 2.45) is 11.7 Å². The fraction of sp³-hybridized carbons (Fsp3) is 0.533. The van der Waals surface area contributed by atoms with Gasteiger partial charge in [-0.25, -0.2) is 0 Å². The van der Waals surface area contributed by atoms with Crippen LogP contribution in [0.5, 0.6) is 5.75 Å². The predicted molar refractivity (Wildman–Crippen MR) is 81.2 cm³/mol. The Morgan fingerprint density at radius 3 is 2.85 bits per heavy atom. The van der Waals surface area contributed by atoms with Gasteiger partial charge in [0.25, 0.3) is 0 Å². The number of benzene rings is 1. The number of rotatable bonds is 3. The fourth-order valence-corrected chi connectivity index (χ4v) is 2.84. The number of anilines is 1. The van der Waals surface area contributed by atoms with Gasteiger partial charge in [-0.05, 0) is 31.0 Å². The van der Waals surface area contributed by atoms with Gasteiger partial charge in [-0.1, -0.05) is 30.9 Å². The zero-order valence-electron chi connectivity index (χ0n) is 11.7. The van der Waals surface area contributed by atoms with Crippen molar-refractivity contribution in [3.8, 4) is 5.75 Å². The van der Waals surface area contributed by atoms with Gasteiger partial charge in [0, 0.05) is 11.1 Å². The van der Waals surface area contributed by atoms with E-state index in [1.807, 2.05) is 0 Å². The molecule has 2 rings (SSSR count). The average Bonchev–Trinajstić information content (AvgIpc) is 2.63. The molecule has 0 saturated heterocycles. The lowest BCUT2D eigenvalue weighted by molar-refractivity contribution is -0.120. The van der Waals surface area contributed by atoms with E-state index in [1.54, 1.807) is 25.3 Å². The molecule has 0 heterocycles. The standard InChI is InChI=1S/C15H21ClN2O2/c1-20-14-8-7-10(16)9-13(14)18-15(19)11-5-3-2-4-6-12(11)17/h7-9,11-12H,2-6,17H2,1H3,(H,18,19). The lowest BCUT2D eigenvalue weighted by Crippen LogP contribution is -2.37. The van der Waals surface area contributed by atoms with Crippen molar-refractivity contribution in [1.29, 1.82) is 0 Å². The van der Waals surface area contributed by atoms with Crippen molar-refractivity contribution in [2.45, 2.75) is 38.1 Å². The number of nitrogens with two attached hydrogens (primary N) is 1. The topological polar surface area (TPSA) is 64.3 Å². The second-order valence-electron chi connectivity index (χ2n) is 5.24. The molecule has 4 nitrogen and oxygen atoms in total. The normalized spacial score (nSPS) is 22.9. The van der Waals surface area contributed by atoms with Crippen LogP contribution < -0.4 is 15.8 Å². The molecule has 2 atom stereocenters. The van der Waals surface area contributed by atoms with Crippen LogP contribution in [-0.2, 0) is 4.79 Å². The molecule has 1 aliphatic carbocycles. The van der Waals surface area contributed by atoms with E-state index in [0.717, 1.165) is 32.1 Å². The highest BCUT2D eigenvalue weighted by atomic mass is 35.5. The van der Waals surface area contributed by atoms with Crippen molar-refractivity contribution in [3.63, 3.8) is 0 Å². The summed E-state index contributed by atoms with van der Waals surface area (Å²) in [6, 6.07) is 5.10. The van der Waals surface area contributed by atoms with Crippen LogP contribution in [-0.4, -0.2) is 19.1 Å². The van der Waals surface area contributed by atoms with Crippen LogP contribution in [0.25, 0.3) is 0 Å². The maximum Gasteiger partial charge on any atom is 0.229 e. The van der Waals surface area contributed by atoms with Gasteiger partial charge in [0.15, 0.2) is 0 Å². The Balaban J connectivity index is 2.12. The van der Waals surface area contributed by atoms with Gasteiger partial charge in [-0.2, -0.15) is 0 Å². The first-order valence-corrected chi connectivity index (χ1v) is 7.39. The van der Waals surface area contributed by atoms with Crippen LogP contribution in [0.2, 0.25) is 5.02 Å². The number of ether oxygens (including phenoxy) is 1. The number of carbonyl (C=O) groups is 1. The summed E-state index contributed by atoms with van der Waals surface area (Å²) in [5.41, 5.74) is 6.71. The van der Waals surface area contributed by atoms with E-state index in [9.17, 15) is 4.79 Å². The monoisotopic (exact) mass is 296 g/mol. The van der Waals surface area contributed by atoms with Gasteiger partial charge >= 0.3 is 0 Å². The number of amides is 1. The van der Waals surface area contributed by atoms with E-state index in [2.05, 4.69) is 5.32 Å². The van der Waals surface area contributed by atoms with E-state index < -0.39 is 0 Å². The fourth-order valence-electron chi connectivity index (χ4n) is 2.67. The largest absolute Gasteiger partial charge is 0.495 e. The van der Waals surface area contributed by atoms with E-state index in [-0.39, 0.29) is 17.9 Å². The molecule has 1 amide bonds. The van der Waals surface area contributed by atoms with E-state index >= 15 is 0 Å². The third kappa shape index (κ3) is 3.64. The van der Waals surface area contributed by atoms with Gasteiger partial charge in [-0.3, -0.25) is 4.79 Å². The maximum absolute atomic E-state index is 12.4. The lowest BCUT2D eigenvalue weighted by Gasteiger charge is -2.21. The quantitative estimate of drug-likeness (QED) is 0.842. The third-order valence-corrected chi connectivity index (χ3v) is 4.06. The van der Waals surface area contributed by atoms with Gasteiger partial charge in [0.2, 0.25) is 5.91 Å².